The van der Waals surface area contributed by atoms with Gasteiger partial charge in [0.1, 0.15) is 11.8 Å². The Kier molecular flexibility index (Phi) is 6.91. The topological polar surface area (TPSA) is 105 Å². The van der Waals surface area contributed by atoms with Crippen LogP contribution >= 0.6 is 0 Å². The van der Waals surface area contributed by atoms with Crippen molar-refractivity contribution in [1.29, 1.82) is 0 Å². The Bertz CT molecular complexity index is 1100. The highest BCUT2D eigenvalue weighted by Gasteiger charge is 2.51. The number of imide groups is 1. The predicted octanol–water partition coefficient (Wildman–Crippen LogP) is 3.86. The van der Waals surface area contributed by atoms with E-state index in [1.807, 2.05) is 12.1 Å². The average molecular weight is 522 g/mol. The zero-order chi connectivity index (χ0) is 26.3. The van der Waals surface area contributed by atoms with E-state index in [2.05, 4.69) is 10.6 Å². The Hall–Kier alpha value is -2.90. The molecule has 1 aromatic rings. The molecule has 4 amide bonds. The van der Waals surface area contributed by atoms with E-state index >= 15 is 0 Å². The molecule has 5 fully saturated rings. The van der Waals surface area contributed by atoms with Gasteiger partial charge >= 0.3 is 0 Å². The third-order valence-corrected chi connectivity index (χ3v) is 9.54. The summed E-state index contributed by atoms with van der Waals surface area (Å²) < 4.78 is 6.05. The monoisotopic (exact) mass is 521 g/mol. The van der Waals surface area contributed by atoms with E-state index in [9.17, 15) is 19.2 Å². The molecule has 0 aromatic heterocycles. The van der Waals surface area contributed by atoms with Gasteiger partial charge in [0.05, 0.1) is 13.2 Å². The summed E-state index contributed by atoms with van der Waals surface area (Å²) in [5, 5.41) is 5.81. The van der Waals surface area contributed by atoms with Gasteiger partial charge in [0.25, 0.3) is 5.91 Å². The highest BCUT2D eigenvalue weighted by atomic mass is 16.5. The van der Waals surface area contributed by atoms with Crippen molar-refractivity contribution in [2.75, 3.05) is 6.61 Å². The van der Waals surface area contributed by atoms with Crippen molar-refractivity contribution in [3.05, 3.63) is 29.3 Å². The Morgan fingerprint density at radius 1 is 1.00 bits per heavy atom. The van der Waals surface area contributed by atoms with Crippen LogP contribution in [0.5, 0.6) is 5.75 Å². The highest BCUT2D eigenvalue weighted by Crippen LogP contribution is 2.55. The third-order valence-electron chi connectivity index (χ3n) is 9.54. The molecule has 0 spiro atoms. The summed E-state index contributed by atoms with van der Waals surface area (Å²) in [7, 11) is 0. The van der Waals surface area contributed by atoms with Crippen LogP contribution in [0.4, 0.5) is 0 Å². The Morgan fingerprint density at radius 3 is 2.42 bits per heavy atom. The molecular formula is C30H39N3O5. The number of nitrogens with one attached hydrogen (secondary N) is 2. The number of fused-ring (bicyclic) bond motifs is 1. The van der Waals surface area contributed by atoms with Crippen molar-refractivity contribution in [2.24, 2.45) is 17.8 Å². The number of nitrogens with zero attached hydrogens (tertiary/aromatic N) is 1. The summed E-state index contributed by atoms with van der Waals surface area (Å²) in [5.74, 6) is 2.54. The summed E-state index contributed by atoms with van der Waals surface area (Å²) >= 11 is 0. The second-order valence-corrected chi connectivity index (χ2v) is 12.4. The van der Waals surface area contributed by atoms with Gasteiger partial charge in [0.15, 0.2) is 0 Å². The first-order valence-electron chi connectivity index (χ1n) is 14.6. The largest absolute Gasteiger partial charge is 0.493 e. The zero-order valence-corrected chi connectivity index (χ0v) is 22.1. The fraction of sp³-hybridized carbons (Fsp3) is 0.667. The Labute approximate surface area is 224 Å². The molecule has 204 valence electrons. The van der Waals surface area contributed by atoms with Crippen LogP contribution in [0.2, 0.25) is 0 Å². The van der Waals surface area contributed by atoms with Crippen molar-refractivity contribution in [2.45, 2.75) is 102 Å². The number of hydrogen-bond donors (Lipinski definition) is 2. The van der Waals surface area contributed by atoms with E-state index in [0.717, 1.165) is 49.0 Å². The van der Waals surface area contributed by atoms with E-state index in [1.54, 1.807) is 11.0 Å². The normalized spacial score (nSPS) is 31.4. The minimum absolute atomic E-state index is 0.102. The first-order chi connectivity index (χ1) is 18.4. The molecule has 2 N–H and O–H groups in total. The molecular weight excluding hydrogens is 482 g/mol. The van der Waals surface area contributed by atoms with Crippen LogP contribution in [-0.2, 0) is 20.9 Å². The molecule has 0 radical (unpaired) electrons. The maximum absolute atomic E-state index is 13.0. The van der Waals surface area contributed by atoms with Crippen molar-refractivity contribution in [1.82, 2.24) is 15.5 Å². The lowest BCUT2D eigenvalue weighted by molar-refractivity contribution is -0.137. The molecule has 7 rings (SSSR count). The molecule has 4 bridgehead atoms. The number of ether oxygens (including phenoxy) is 1. The molecule has 1 saturated heterocycles. The van der Waals surface area contributed by atoms with Crippen LogP contribution in [0.3, 0.4) is 0 Å². The maximum atomic E-state index is 13.0. The van der Waals surface area contributed by atoms with Crippen molar-refractivity contribution in [3.63, 3.8) is 0 Å². The van der Waals surface area contributed by atoms with Crippen LogP contribution in [0.15, 0.2) is 18.2 Å². The smallest absolute Gasteiger partial charge is 0.255 e. The molecule has 1 atom stereocenters. The number of benzene rings is 1. The molecule has 2 aliphatic heterocycles. The second kappa shape index (κ2) is 10.3. The molecule has 8 nitrogen and oxygen atoms in total. The number of amides is 4. The SMILES string of the molecule is O=C1CCC(N2Cc3c(OCCCCCCC(=O)NC45CC6CC(CC(C6)C4)C5)cccc3C2=O)C(=O)N1. The van der Waals surface area contributed by atoms with E-state index in [-0.39, 0.29) is 29.7 Å². The van der Waals surface area contributed by atoms with Crippen LogP contribution in [0, 0.1) is 17.8 Å². The van der Waals surface area contributed by atoms with Gasteiger partial charge in [0, 0.05) is 29.5 Å². The number of piperidine rings is 1. The molecule has 1 unspecified atom stereocenters. The van der Waals surface area contributed by atoms with Crippen molar-refractivity contribution in [3.8, 4) is 5.75 Å². The molecule has 2 heterocycles. The summed E-state index contributed by atoms with van der Waals surface area (Å²) in [6.07, 6.45) is 12.7. The van der Waals surface area contributed by atoms with Crippen LogP contribution in [-0.4, -0.2) is 46.7 Å². The lowest BCUT2D eigenvalue weighted by Gasteiger charge is -2.56. The lowest BCUT2D eigenvalue weighted by atomic mass is 9.53. The van der Waals surface area contributed by atoms with Gasteiger partial charge < -0.3 is 15.0 Å². The first-order valence-corrected chi connectivity index (χ1v) is 14.6. The molecule has 38 heavy (non-hydrogen) atoms. The Balaban J connectivity index is 0.915. The van der Waals surface area contributed by atoms with Gasteiger partial charge in [0.2, 0.25) is 17.7 Å². The number of carbonyl (C=O) groups excluding carboxylic acids is 4. The van der Waals surface area contributed by atoms with E-state index in [1.165, 1.54) is 38.5 Å². The Morgan fingerprint density at radius 2 is 1.71 bits per heavy atom. The van der Waals surface area contributed by atoms with Gasteiger partial charge in [-0.05, 0) is 87.7 Å². The van der Waals surface area contributed by atoms with Crippen LogP contribution in [0.25, 0.3) is 0 Å². The molecule has 6 aliphatic rings. The summed E-state index contributed by atoms with van der Waals surface area (Å²) in [6, 6.07) is 4.82. The fourth-order valence-corrected chi connectivity index (χ4v) is 8.24. The first kappa shape index (κ1) is 25.4. The third kappa shape index (κ3) is 5.06. The van der Waals surface area contributed by atoms with E-state index in [0.29, 0.717) is 37.3 Å². The predicted molar refractivity (Wildman–Crippen MR) is 140 cm³/mol. The molecule has 4 aliphatic carbocycles. The molecule has 8 heteroatoms. The number of unbranched alkanes of at least 4 members (excludes halogenated alkanes) is 3. The van der Waals surface area contributed by atoms with Gasteiger partial charge in [-0.1, -0.05) is 18.9 Å². The summed E-state index contributed by atoms with van der Waals surface area (Å²) in [5.41, 5.74) is 1.48. The maximum Gasteiger partial charge on any atom is 0.255 e. The number of rotatable bonds is 10. The van der Waals surface area contributed by atoms with E-state index < -0.39 is 11.9 Å². The minimum Gasteiger partial charge on any atom is -0.493 e. The van der Waals surface area contributed by atoms with Gasteiger partial charge in [-0.3, -0.25) is 24.5 Å². The average Bonchev–Trinajstić information content (AvgIpc) is 3.19. The zero-order valence-electron chi connectivity index (χ0n) is 22.1. The lowest BCUT2D eigenvalue weighted by Crippen LogP contribution is -2.59. The standard InChI is InChI=1S/C30H39N3O5/c34-26-10-9-24(28(36)31-26)33-18-23-22(29(33)37)6-5-7-25(23)38-11-4-2-1-3-8-27(35)32-30-15-19-12-20(16-30)14-21(13-19)17-30/h5-7,19-21,24H,1-4,8-18H2,(H,32,35)(H,31,34,36). The van der Waals surface area contributed by atoms with Crippen molar-refractivity contribution >= 4 is 23.6 Å². The van der Waals surface area contributed by atoms with Crippen LogP contribution < -0.4 is 15.4 Å². The highest BCUT2D eigenvalue weighted by molar-refractivity contribution is 6.05. The van der Waals surface area contributed by atoms with Crippen LogP contribution in [0.1, 0.15) is 99.4 Å². The summed E-state index contributed by atoms with van der Waals surface area (Å²) in [4.78, 5) is 51.0. The van der Waals surface area contributed by atoms with Gasteiger partial charge in [-0.25, -0.2) is 0 Å². The number of hydrogen-bond acceptors (Lipinski definition) is 5. The van der Waals surface area contributed by atoms with Crippen molar-refractivity contribution < 1.29 is 23.9 Å². The molecule has 4 saturated carbocycles. The van der Waals surface area contributed by atoms with Gasteiger partial charge in [-0.15, -0.1) is 0 Å². The van der Waals surface area contributed by atoms with Gasteiger partial charge in [-0.2, -0.15) is 0 Å². The summed E-state index contributed by atoms with van der Waals surface area (Å²) in [6.45, 7) is 0.859. The van der Waals surface area contributed by atoms with E-state index in [4.69, 9.17) is 4.74 Å². The minimum atomic E-state index is -0.624. The molecule has 1 aromatic carbocycles. The number of carbonyl (C=O) groups is 4. The quantitative estimate of drug-likeness (QED) is 0.359. The second-order valence-electron chi connectivity index (χ2n) is 12.4. The fourth-order valence-electron chi connectivity index (χ4n) is 8.24.